The first kappa shape index (κ1) is 13.3. The third-order valence-corrected chi connectivity index (χ3v) is 4.85. The molecule has 0 bridgehead atoms. The normalized spacial score (nSPS) is 36.7. The summed E-state index contributed by atoms with van der Waals surface area (Å²) in [5, 5.41) is 0. The van der Waals surface area contributed by atoms with Gasteiger partial charge in [0.15, 0.2) is 0 Å². The minimum Gasteiger partial charge on any atom is -0.381 e. The van der Waals surface area contributed by atoms with Gasteiger partial charge in [0.25, 0.3) is 0 Å². The van der Waals surface area contributed by atoms with Crippen molar-refractivity contribution in [2.45, 2.75) is 57.9 Å². The number of hydrazine groups is 1. The third kappa shape index (κ3) is 3.21. The molecule has 1 aliphatic carbocycles. The molecule has 3 nitrogen and oxygen atoms in total. The summed E-state index contributed by atoms with van der Waals surface area (Å²) in [6, 6.07) is 0.473. The molecule has 0 aromatic heterocycles. The van der Waals surface area contributed by atoms with Gasteiger partial charge in [-0.25, -0.2) is 0 Å². The van der Waals surface area contributed by atoms with E-state index in [-0.39, 0.29) is 0 Å². The van der Waals surface area contributed by atoms with Gasteiger partial charge < -0.3 is 4.74 Å². The molecule has 0 aromatic rings. The number of rotatable bonds is 4. The molecule has 0 amide bonds. The van der Waals surface area contributed by atoms with Crippen LogP contribution < -0.4 is 11.3 Å². The Morgan fingerprint density at radius 3 is 2.71 bits per heavy atom. The molecule has 1 heterocycles. The molecule has 17 heavy (non-hydrogen) atoms. The van der Waals surface area contributed by atoms with Crippen molar-refractivity contribution in [1.29, 1.82) is 0 Å². The number of hydrogen-bond donors (Lipinski definition) is 2. The van der Waals surface area contributed by atoms with Crippen LogP contribution in [0.4, 0.5) is 0 Å². The van der Waals surface area contributed by atoms with Crippen molar-refractivity contribution in [2.24, 2.45) is 23.6 Å². The molecule has 3 heteroatoms. The molecule has 1 saturated carbocycles. The summed E-state index contributed by atoms with van der Waals surface area (Å²) in [6.07, 6.45) is 9.32. The molecule has 100 valence electrons. The first-order valence-electron chi connectivity index (χ1n) is 7.40. The van der Waals surface area contributed by atoms with Crippen LogP contribution in [0.3, 0.4) is 0 Å². The summed E-state index contributed by atoms with van der Waals surface area (Å²) in [4.78, 5) is 0. The lowest BCUT2D eigenvalue weighted by molar-refractivity contribution is 0.0149. The fourth-order valence-electron chi connectivity index (χ4n) is 3.87. The average Bonchev–Trinajstić information content (AvgIpc) is 2.41. The Hall–Kier alpha value is -0.120. The molecule has 3 N–H and O–H groups in total. The van der Waals surface area contributed by atoms with Crippen LogP contribution in [0.1, 0.15) is 51.9 Å². The van der Waals surface area contributed by atoms with Gasteiger partial charge in [0.1, 0.15) is 0 Å². The van der Waals surface area contributed by atoms with E-state index in [1.54, 1.807) is 0 Å². The lowest BCUT2D eigenvalue weighted by Gasteiger charge is -2.41. The summed E-state index contributed by atoms with van der Waals surface area (Å²) < 4.78 is 5.63. The van der Waals surface area contributed by atoms with E-state index in [4.69, 9.17) is 10.6 Å². The SMILES string of the molecule is CCC1CCCCC1C(NN)C1CCCOC1. The van der Waals surface area contributed by atoms with E-state index in [1.165, 1.54) is 44.9 Å². The molecule has 2 rings (SSSR count). The zero-order chi connectivity index (χ0) is 12.1. The number of ether oxygens (including phenoxy) is 1. The van der Waals surface area contributed by atoms with Crippen molar-refractivity contribution < 1.29 is 4.74 Å². The van der Waals surface area contributed by atoms with Crippen LogP contribution in [0.15, 0.2) is 0 Å². The minimum absolute atomic E-state index is 0.473. The summed E-state index contributed by atoms with van der Waals surface area (Å²) in [6.45, 7) is 4.17. The Morgan fingerprint density at radius 2 is 2.06 bits per heavy atom. The average molecular weight is 240 g/mol. The largest absolute Gasteiger partial charge is 0.381 e. The Balaban J connectivity index is 1.99. The van der Waals surface area contributed by atoms with E-state index in [0.717, 1.165) is 25.0 Å². The van der Waals surface area contributed by atoms with Crippen LogP contribution in [0.25, 0.3) is 0 Å². The summed E-state index contributed by atoms with van der Waals surface area (Å²) in [5.74, 6) is 8.11. The van der Waals surface area contributed by atoms with Gasteiger partial charge in [-0.1, -0.05) is 32.6 Å². The fourth-order valence-corrected chi connectivity index (χ4v) is 3.87. The highest BCUT2D eigenvalue weighted by atomic mass is 16.5. The number of nitrogens with two attached hydrogens (primary N) is 1. The van der Waals surface area contributed by atoms with Crippen molar-refractivity contribution in [1.82, 2.24) is 5.43 Å². The maximum Gasteiger partial charge on any atom is 0.0509 e. The molecule has 4 unspecified atom stereocenters. The van der Waals surface area contributed by atoms with Crippen LogP contribution in [0, 0.1) is 17.8 Å². The van der Waals surface area contributed by atoms with Gasteiger partial charge in [-0.3, -0.25) is 11.3 Å². The second kappa shape index (κ2) is 6.72. The first-order valence-corrected chi connectivity index (χ1v) is 7.40. The van der Waals surface area contributed by atoms with Gasteiger partial charge in [0, 0.05) is 12.6 Å². The predicted molar refractivity (Wildman–Crippen MR) is 70.4 cm³/mol. The molecule has 4 atom stereocenters. The smallest absolute Gasteiger partial charge is 0.0509 e. The van der Waals surface area contributed by atoms with E-state index in [1.807, 2.05) is 0 Å². The molecule has 0 radical (unpaired) electrons. The highest BCUT2D eigenvalue weighted by Crippen LogP contribution is 2.37. The summed E-state index contributed by atoms with van der Waals surface area (Å²) >= 11 is 0. The highest BCUT2D eigenvalue weighted by molar-refractivity contribution is 4.88. The van der Waals surface area contributed by atoms with Crippen molar-refractivity contribution in [3.8, 4) is 0 Å². The molecule has 0 spiro atoms. The highest BCUT2D eigenvalue weighted by Gasteiger charge is 2.35. The lowest BCUT2D eigenvalue weighted by Crippen LogP contribution is -2.51. The van der Waals surface area contributed by atoms with Crippen molar-refractivity contribution in [3.05, 3.63) is 0 Å². The second-order valence-electron chi connectivity index (χ2n) is 5.79. The molecule has 2 aliphatic rings. The Bertz CT molecular complexity index is 216. The topological polar surface area (TPSA) is 47.3 Å². The van der Waals surface area contributed by atoms with Gasteiger partial charge in [0.2, 0.25) is 0 Å². The van der Waals surface area contributed by atoms with Gasteiger partial charge in [-0.2, -0.15) is 0 Å². The lowest BCUT2D eigenvalue weighted by atomic mass is 9.70. The van der Waals surface area contributed by atoms with Crippen molar-refractivity contribution in [2.75, 3.05) is 13.2 Å². The molecular weight excluding hydrogens is 212 g/mol. The molecule has 1 saturated heterocycles. The van der Waals surface area contributed by atoms with Gasteiger partial charge in [-0.15, -0.1) is 0 Å². The van der Waals surface area contributed by atoms with E-state index in [0.29, 0.717) is 12.0 Å². The Morgan fingerprint density at radius 1 is 1.24 bits per heavy atom. The Kier molecular flexibility index (Phi) is 5.26. The zero-order valence-electron chi connectivity index (χ0n) is 11.2. The monoisotopic (exact) mass is 240 g/mol. The Labute approximate surface area is 105 Å². The molecular formula is C14H28N2O. The molecule has 0 aromatic carbocycles. The molecule has 2 fully saturated rings. The van der Waals surface area contributed by atoms with Crippen LogP contribution in [0.2, 0.25) is 0 Å². The van der Waals surface area contributed by atoms with Crippen LogP contribution in [-0.4, -0.2) is 19.3 Å². The fraction of sp³-hybridized carbons (Fsp3) is 1.00. The van der Waals surface area contributed by atoms with E-state index in [9.17, 15) is 0 Å². The van der Waals surface area contributed by atoms with E-state index >= 15 is 0 Å². The number of hydrogen-bond acceptors (Lipinski definition) is 3. The minimum atomic E-state index is 0.473. The van der Waals surface area contributed by atoms with Gasteiger partial charge >= 0.3 is 0 Å². The zero-order valence-corrected chi connectivity index (χ0v) is 11.2. The predicted octanol–water partition coefficient (Wildman–Crippen LogP) is 2.46. The maximum atomic E-state index is 5.85. The first-order chi connectivity index (χ1) is 8.36. The van der Waals surface area contributed by atoms with Gasteiger partial charge in [0.05, 0.1) is 6.61 Å². The van der Waals surface area contributed by atoms with E-state index < -0.39 is 0 Å². The summed E-state index contributed by atoms with van der Waals surface area (Å²) in [7, 11) is 0. The van der Waals surface area contributed by atoms with Crippen molar-refractivity contribution in [3.63, 3.8) is 0 Å². The maximum absolute atomic E-state index is 5.85. The standard InChI is InChI=1S/C14H28N2O/c1-2-11-6-3-4-8-13(11)14(16-15)12-7-5-9-17-10-12/h11-14,16H,2-10,15H2,1H3. The van der Waals surface area contributed by atoms with Crippen LogP contribution in [0.5, 0.6) is 0 Å². The quantitative estimate of drug-likeness (QED) is 0.586. The van der Waals surface area contributed by atoms with E-state index in [2.05, 4.69) is 12.3 Å². The summed E-state index contributed by atoms with van der Waals surface area (Å²) in [5.41, 5.74) is 3.13. The second-order valence-corrected chi connectivity index (χ2v) is 5.79. The van der Waals surface area contributed by atoms with Crippen LogP contribution >= 0.6 is 0 Å². The third-order valence-electron chi connectivity index (χ3n) is 4.85. The van der Waals surface area contributed by atoms with Gasteiger partial charge in [-0.05, 0) is 37.0 Å². The number of nitrogens with one attached hydrogen (secondary N) is 1. The van der Waals surface area contributed by atoms with Crippen LogP contribution in [-0.2, 0) is 4.74 Å². The van der Waals surface area contributed by atoms with Crippen molar-refractivity contribution >= 4 is 0 Å². The molecule has 1 aliphatic heterocycles.